The molecule has 0 aromatic rings. The Morgan fingerprint density at radius 1 is 1.17 bits per heavy atom. The molecule has 0 spiro atoms. The maximum Gasteiger partial charge on any atom is 0.191 e. The van der Waals surface area contributed by atoms with Crippen LogP contribution in [0.4, 0.5) is 0 Å². The first-order chi connectivity index (χ1) is 11.8. The first-order valence-electron chi connectivity index (χ1n) is 9.82. The van der Waals surface area contributed by atoms with Crippen molar-refractivity contribution in [3.05, 3.63) is 0 Å². The van der Waals surface area contributed by atoms with Crippen LogP contribution in [-0.4, -0.2) is 87.9 Å². The van der Waals surface area contributed by atoms with Gasteiger partial charge in [-0.3, -0.25) is 9.89 Å². The molecule has 1 saturated carbocycles. The molecule has 1 saturated heterocycles. The van der Waals surface area contributed by atoms with E-state index in [4.69, 9.17) is 9.73 Å². The third-order valence-electron chi connectivity index (χ3n) is 5.09. The highest BCUT2D eigenvalue weighted by molar-refractivity contribution is 5.79. The Kier molecular flexibility index (Phi) is 9.46. The monoisotopic (exact) mass is 339 g/mol. The standard InChI is InChI=1S/C18H37N5O/c1-3-19-18(21-10-12-23-13-15-24-16-14-23)20-9-11-22(2)17-7-5-4-6-8-17/h17H,3-16H2,1-2H3,(H2,19,20,21). The molecule has 2 rings (SSSR count). The quantitative estimate of drug-likeness (QED) is 0.513. The van der Waals surface area contributed by atoms with E-state index < -0.39 is 0 Å². The van der Waals surface area contributed by atoms with Gasteiger partial charge in [-0.1, -0.05) is 19.3 Å². The normalized spacial score (nSPS) is 21.2. The molecule has 1 aliphatic heterocycles. The van der Waals surface area contributed by atoms with E-state index in [-0.39, 0.29) is 0 Å². The van der Waals surface area contributed by atoms with Gasteiger partial charge in [-0.15, -0.1) is 0 Å². The molecular weight excluding hydrogens is 302 g/mol. The number of guanidine groups is 1. The van der Waals surface area contributed by atoms with E-state index in [1.165, 1.54) is 32.1 Å². The second-order valence-electron chi connectivity index (χ2n) is 6.91. The fourth-order valence-electron chi connectivity index (χ4n) is 3.52. The third kappa shape index (κ3) is 7.36. The molecule has 0 amide bonds. The van der Waals surface area contributed by atoms with Gasteiger partial charge in [0.1, 0.15) is 0 Å². The van der Waals surface area contributed by atoms with Crippen LogP contribution in [0.2, 0.25) is 0 Å². The summed E-state index contributed by atoms with van der Waals surface area (Å²) in [5.74, 6) is 0.947. The molecule has 140 valence electrons. The van der Waals surface area contributed by atoms with E-state index >= 15 is 0 Å². The Morgan fingerprint density at radius 3 is 2.62 bits per heavy atom. The zero-order valence-electron chi connectivity index (χ0n) is 15.7. The lowest BCUT2D eigenvalue weighted by atomic mass is 9.94. The summed E-state index contributed by atoms with van der Waals surface area (Å²) in [4.78, 5) is 9.65. The number of nitrogens with one attached hydrogen (secondary N) is 2. The van der Waals surface area contributed by atoms with Crippen molar-refractivity contribution in [1.29, 1.82) is 0 Å². The van der Waals surface area contributed by atoms with Gasteiger partial charge >= 0.3 is 0 Å². The summed E-state index contributed by atoms with van der Waals surface area (Å²) in [5.41, 5.74) is 0. The second-order valence-corrected chi connectivity index (χ2v) is 6.91. The molecule has 1 heterocycles. The molecule has 0 atom stereocenters. The molecule has 0 bridgehead atoms. The molecule has 1 aliphatic carbocycles. The minimum Gasteiger partial charge on any atom is -0.379 e. The van der Waals surface area contributed by atoms with Crippen molar-refractivity contribution in [2.24, 2.45) is 4.99 Å². The van der Waals surface area contributed by atoms with Gasteiger partial charge in [0.2, 0.25) is 0 Å². The topological polar surface area (TPSA) is 52.1 Å². The summed E-state index contributed by atoms with van der Waals surface area (Å²) in [7, 11) is 2.26. The lowest BCUT2D eigenvalue weighted by Gasteiger charge is -2.31. The number of aliphatic imine (C=N–C) groups is 1. The van der Waals surface area contributed by atoms with Gasteiger partial charge in [-0.05, 0) is 26.8 Å². The Labute approximate surface area is 148 Å². The molecule has 0 unspecified atom stereocenters. The van der Waals surface area contributed by atoms with E-state index in [2.05, 4.69) is 34.4 Å². The van der Waals surface area contributed by atoms with Crippen LogP contribution in [0.3, 0.4) is 0 Å². The molecule has 24 heavy (non-hydrogen) atoms. The second kappa shape index (κ2) is 11.7. The van der Waals surface area contributed by atoms with Crippen LogP contribution in [0.1, 0.15) is 39.0 Å². The van der Waals surface area contributed by atoms with E-state index in [0.29, 0.717) is 0 Å². The minimum absolute atomic E-state index is 0.779. The predicted molar refractivity (Wildman–Crippen MR) is 101 cm³/mol. The fourth-order valence-corrected chi connectivity index (χ4v) is 3.52. The Hall–Kier alpha value is -0.850. The average Bonchev–Trinajstić information content (AvgIpc) is 2.63. The molecule has 2 fully saturated rings. The number of hydrogen-bond donors (Lipinski definition) is 2. The molecule has 0 aromatic carbocycles. The van der Waals surface area contributed by atoms with Crippen LogP contribution in [0.15, 0.2) is 4.99 Å². The lowest BCUT2D eigenvalue weighted by molar-refractivity contribution is 0.0394. The van der Waals surface area contributed by atoms with E-state index in [1.807, 2.05) is 0 Å². The number of nitrogens with zero attached hydrogens (tertiary/aromatic N) is 3. The van der Waals surface area contributed by atoms with Crippen LogP contribution >= 0.6 is 0 Å². The number of rotatable bonds is 8. The highest BCUT2D eigenvalue weighted by atomic mass is 16.5. The first-order valence-corrected chi connectivity index (χ1v) is 9.82. The summed E-state index contributed by atoms with van der Waals surface area (Å²) in [5, 5.41) is 6.83. The zero-order chi connectivity index (χ0) is 17.0. The number of hydrogen-bond acceptors (Lipinski definition) is 4. The minimum atomic E-state index is 0.779. The summed E-state index contributed by atoms with van der Waals surface area (Å²) < 4.78 is 5.38. The largest absolute Gasteiger partial charge is 0.379 e. The average molecular weight is 340 g/mol. The zero-order valence-corrected chi connectivity index (χ0v) is 15.7. The third-order valence-corrected chi connectivity index (χ3v) is 5.09. The molecule has 0 radical (unpaired) electrons. The molecular formula is C18H37N5O. The van der Waals surface area contributed by atoms with Gasteiger partial charge in [-0.2, -0.15) is 0 Å². The maximum atomic E-state index is 5.38. The van der Waals surface area contributed by atoms with Crippen LogP contribution in [0.25, 0.3) is 0 Å². The van der Waals surface area contributed by atoms with E-state index in [1.54, 1.807) is 0 Å². The molecule has 6 heteroatoms. The van der Waals surface area contributed by atoms with Crippen LogP contribution in [-0.2, 0) is 4.74 Å². The van der Waals surface area contributed by atoms with Crippen molar-refractivity contribution in [2.45, 2.75) is 45.1 Å². The fraction of sp³-hybridized carbons (Fsp3) is 0.944. The van der Waals surface area contributed by atoms with Crippen molar-refractivity contribution in [3.63, 3.8) is 0 Å². The summed E-state index contributed by atoms with van der Waals surface area (Å²) in [6.07, 6.45) is 6.94. The summed E-state index contributed by atoms with van der Waals surface area (Å²) in [6, 6.07) is 0.779. The smallest absolute Gasteiger partial charge is 0.191 e. The van der Waals surface area contributed by atoms with Crippen LogP contribution in [0.5, 0.6) is 0 Å². The van der Waals surface area contributed by atoms with Gasteiger partial charge in [-0.25, -0.2) is 0 Å². The molecule has 6 nitrogen and oxygen atoms in total. The van der Waals surface area contributed by atoms with Gasteiger partial charge in [0.15, 0.2) is 5.96 Å². The van der Waals surface area contributed by atoms with Crippen molar-refractivity contribution in [3.8, 4) is 0 Å². The summed E-state index contributed by atoms with van der Waals surface area (Å²) in [6.45, 7) is 10.7. The molecule has 2 aliphatic rings. The van der Waals surface area contributed by atoms with Crippen molar-refractivity contribution in [2.75, 3.05) is 66.1 Å². The van der Waals surface area contributed by atoms with Crippen LogP contribution < -0.4 is 10.6 Å². The number of ether oxygens (including phenoxy) is 1. The van der Waals surface area contributed by atoms with Crippen molar-refractivity contribution < 1.29 is 4.74 Å². The van der Waals surface area contributed by atoms with Crippen molar-refractivity contribution >= 4 is 5.96 Å². The highest BCUT2D eigenvalue weighted by Crippen LogP contribution is 2.21. The Balaban J connectivity index is 1.64. The van der Waals surface area contributed by atoms with Crippen LogP contribution in [0, 0.1) is 0 Å². The van der Waals surface area contributed by atoms with E-state index in [0.717, 1.165) is 71.0 Å². The number of morpholine rings is 1. The molecule has 0 aromatic heterocycles. The van der Waals surface area contributed by atoms with Gasteiger partial charge in [0, 0.05) is 45.3 Å². The highest BCUT2D eigenvalue weighted by Gasteiger charge is 2.17. The SMILES string of the molecule is CCNC(=NCCN1CCOCC1)NCCN(C)C1CCCCC1. The Morgan fingerprint density at radius 2 is 1.92 bits per heavy atom. The van der Waals surface area contributed by atoms with Crippen molar-refractivity contribution in [1.82, 2.24) is 20.4 Å². The van der Waals surface area contributed by atoms with Gasteiger partial charge in [0.05, 0.1) is 19.8 Å². The Bertz CT molecular complexity index is 351. The van der Waals surface area contributed by atoms with Gasteiger partial charge < -0.3 is 20.3 Å². The van der Waals surface area contributed by atoms with Gasteiger partial charge in [0.25, 0.3) is 0 Å². The lowest BCUT2D eigenvalue weighted by Crippen LogP contribution is -2.44. The maximum absolute atomic E-state index is 5.38. The number of likely N-dealkylation sites (N-methyl/N-ethyl adjacent to an activating group) is 1. The molecule has 2 N–H and O–H groups in total. The van der Waals surface area contributed by atoms with E-state index in [9.17, 15) is 0 Å². The predicted octanol–water partition coefficient (Wildman–Crippen LogP) is 1.14. The summed E-state index contributed by atoms with van der Waals surface area (Å²) >= 11 is 0. The first kappa shape index (κ1) is 19.5.